The van der Waals surface area contributed by atoms with Gasteiger partial charge in [-0.1, -0.05) is 42.5 Å². The third-order valence-electron chi connectivity index (χ3n) is 3.96. The average Bonchev–Trinajstić information content (AvgIpc) is 2.93. The molecular weight excluding hydrogens is 460 g/mol. The molecule has 1 aliphatic rings. The Kier molecular flexibility index (Phi) is 4.51. The van der Waals surface area contributed by atoms with Crippen molar-refractivity contribution in [3.63, 3.8) is 0 Å². The van der Waals surface area contributed by atoms with Gasteiger partial charge in [0.15, 0.2) is 0 Å². The molecule has 0 aromatic heterocycles. The summed E-state index contributed by atoms with van der Waals surface area (Å²) in [5.74, 6) is 0. The summed E-state index contributed by atoms with van der Waals surface area (Å²) in [7, 11) is 2.07. The first-order chi connectivity index (χ1) is 10.8. The predicted octanol–water partition coefficient (Wildman–Crippen LogP) is 4.86. The second-order valence-corrected chi connectivity index (χ2v) is 5.41. The number of hydrogen-bond acceptors (Lipinski definition) is 2. The third kappa shape index (κ3) is 2.90. The van der Waals surface area contributed by atoms with Gasteiger partial charge in [-0.3, -0.25) is 0 Å². The van der Waals surface area contributed by atoms with E-state index in [1.54, 1.807) is 0 Å². The normalized spacial score (nSPS) is 12.7. The Bertz CT molecular complexity index is 802. The van der Waals surface area contributed by atoms with E-state index in [0.29, 0.717) is 0 Å². The third-order valence-corrected chi connectivity index (χ3v) is 3.96. The monoisotopic (exact) mass is 477 g/mol. The van der Waals surface area contributed by atoms with Crippen LogP contribution in [0.2, 0.25) is 0 Å². The maximum Gasteiger partial charge on any atom is 0.0326 e. The second-order valence-electron chi connectivity index (χ2n) is 5.41. The smallest absolute Gasteiger partial charge is 0.0326 e. The molecule has 0 atom stereocenters. The molecule has 4 rings (SSSR count). The molecule has 1 radical (unpaired) electrons. The molecule has 1 heterocycles. The summed E-state index contributed by atoms with van der Waals surface area (Å²) >= 11 is 0. The number of anilines is 3. The van der Waals surface area contributed by atoms with E-state index in [2.05, 4.69) is 90.2 Å². The van der Waals surface area contributed by atoms with E-state index in [1.807, 2.05) is 12.1 Å². The van der Waals surface area contributed by atoms with E-state index >= 15 is 0 Å². The Hall–Kier alpha value is -2.09. The van der Waals surface area contributed by atoms with Crippen molar-refractivity contribution in [2.45, 2.75) is 0 Å². The summed E-state index contributed by atoms with van der Waals surface area (Å²) in [6.45, 7) is 2.10. The quantitative estimate of drug-likeness (QED) is 0.488. The summed E-state index contributed by atoms with van der Waals surface area (Å²) in [6, 6.07) is 28.5. The number of benzene rings is 3. The van der Waals surface area contributed by atoms with E-state index in [4.69, 9.17) is 0 Å². The summed E-state index contributed by atoms with van der Waals surface area (Å²) in [4.78, 5) is 4.32. The summed E-state index contributed by atoms with van der Waals surface area (Å²) < 4.78 is 0. The van der Waals surface area contributed by atoms with Crippen LogP contribution in [-0.4, -0.2) is 7.05 Å². The molecule has 0 fully saturated rings. The van der Waals surface area contributed by atoms with E-state index in [0.717, 1.165) is 5.69 Å². The molecule has 117 valence electrons. The Balaban J connectivity index is 0.00000156. The van der Waals surface area contributed by atoms with Crippen molar-refractivity contribution in [2.24, 2.45) is 0 Å². The van der Waals surface area contributed by atoms with Crippen LogP contribution >= 0.6 is 0 Å². The van der Waals surface area contributed by atoms with Gasteiger partial charge in [0.2, 0.25) is 0 Å². The van der Waals surface area contributed by atoms with E-state index in [-0.39, 0.29) is 20.1 Å². The molecule has 0 bridgehead atoms. The zero-order valence-electron chi connectivity index (χ0n) is 12.7. The SMILES string of the molecule is CN1[CH-]N(c2[c-]ccc(-c3ccccc3)c2)c2ccccc21.[Ir]. The molecule has 3 aromatic carbocycles. The first kappa shape index (κ1) is 15.8. The standard InChI is InChI=1S/C20H16N2.Ir/c1-21-15-22(20-13-6-5-12-19(20)21)18-11-7-10-17(14-18)16-8-3-2-4-9-16;/h2-10,12-15H,1H3;/q-2;. The van der Waals surface area contributed by atoms with E-state index < -0.39 is 0 Å². The first-order valence-electron chi connectivity index (χ1n) is 7.36. The van der Waals surface area contributed by atoms with Gasteiger partial charge >= 0.3 is 0 Å². The molecule has 2 nitrogen and oxygen atoms in total. The Morgan fingerprint density at radius 2 is 1.52 bits per heavy atom. The topological polar surface area (TPSA) is 6.48 Å². The maximum absolute atomic E-state index is 3.35. The maximum atomic E-state index is 3.35. The zero-order chi connectivity index (χ0) is 14.9. The van der Waals surface area contributed by atoms with Crippen LogP contribution in [0.15, 0.2) is 72.8 Å². The molecule has 1 aliphatic heterocycles. The van der Waals surface area contributed by atoms with Crippen molar-refractivity contribution in [3.05, 3.63) is 85.5 Å². The van der Waals surface area contributed by atoms with Crippen molar-refractivity contribution >= 4 is 17.1 Å². The first-order valence-corrected chi connectivity index (χ1v) is 7.36. The van der Waals surface area contributed by atoms with Gasteiger partial charge in [0.1, 0.15) is 0 Å². The summed E-state index contributed by atoms with van der Waals surface area (Å²) in [5.41, 5.74) is 5.87. The van der Waals surface area contributed by atoms with E-state index in [1.165, 1.54) is 22.5 Å². The number of nitrogens with zero attached hydrogens (tertiary/aromatic N) is 2. The summed E-state index contributed by atoms with van der Waals surface area (Å²) in [6.07, 6.45) is 0. The van der Waals surface area contributed by atoms with Crippen LogP contribution in [0.25, 0.3) is 11.1 Å². The molecule has 0 unspecified atom stereocenters. The molecule has 23 heavy (non-hydrogen) atoms. The van der Waals surface area contributed by atoms with Crippen LogP contribution in [0.5, 0.6) is 0 Å². The van der Waals surface area contributed by atoms with Crippen LogP contribution in [0.1, 0.15) is 0 Å². The molecule has 0 amide bonds. The number of para-hydroxylation sites is 2. The molecule has 3 heteroatoms. The fraction of sp³-hybridized carbons (Fsp3) is 0.0500. The predicted molar refractivity (Wildman–Crippen MR) is 92.0 cm³/mol. The largest absolute Gasteiger partial charge is 0.504 e. The zero-order valence-corrected chi connectivity index (χ0v) is 15.1. The van der Waals surface area contributed by atoms with Gasteiger partial charge in [-0.05, 0) is 24.7 Å². The second kappa shape index (κ2) is 6.57. The minimum atomic E-state index is 0. The molecule has 0 N–H and O–H groups in total. The number of fused-ring (bicyclic) bond motifs is 1. The van der Waals surface area contributed by atoms with Crippen LogP contribution in [0.4, 0.5) is 17.1 Å². The van der Waals surface area contributed by atoms with Gasteiger partial charge in [0, 0.05) is 31.5 Å². The number of rotatable bonds is 2. The molecular formula is C20H16IrN2-2. The van der Waals surface area contributed by atoms with Gasteiger partial charge in [-0.15, -0.1) is 17.3 Å². The average molecular weight is 477 g/mol. The molecule has 0 saturated carbocycles. The fourth-order valence-corrected chi connectivity index (χ4v) is 2.86. The Morgan fingerprint density at radius 3 is 2.30 bits per heavy atom. The van der Waals surface area contributed by atoms with Crippen molar-refractivity contribution in [1.82, 2.24) is 0 Å². The molecule has 0 spiro atoms. The van der Waals surface area contributed by atoms with Crippen LogP contribution in [0.3, 0.4) is 0 Å². The van der Waals surface area contributed by atoms with Crippen LogP contribution in [-0.2, 0) is 20.1 Å². The molecule has 0 saturated heterocycles. The Morgan fingerprint density at radius 1 is 0.826 bits per heavy atom. The van der Waals surface area contributed by atoms with Crippen LogP contribution in [0, 0.1) is 12.7 Å². The van der Waals surface area contributed by atoms with Gasteiger partial charge in [0.25, 0.3) is 0 Å². The van der Waals surface area contributed by atoms with Gasteiger partial charge in [-0.2, -0.15) is 24.9 Å². The van der Waals surface area contributed by atoms with Gasteiger partial charge in [0.05, 0.1) is 0 Å². The minimum absolute atomic E-state index is 0. The minimum Gasteiger partial charge on any atom is -0.504 e. The van der Waals surface area contributed by atoms with Crippen molar-refractivity contribution < 1.29 is 20.1 Å². The van der Waals surface area contributed by atoms with Crippen molar-refractivity contribution in [2.75, 3.05) is 16.8 Å². The van der Waals surface area contributed by atoms with Crippen LogP contribution < -0.4 is 9.80 Å². The molecule has 0 aliphatic carbocycles. The molecule has 3 aromatic rings. The van der Waals surface area contributed by atoms with Crippen molar-refractivity contribution in [1.29, 1.82) is 0 Å². The number of hydrogen-bond donors (Lipinski definition) is 0. The van der Waals surface area contributed by atoms with E-state index in [9.17, 15) is 0 Å². The van der Waals surface area contributed by atoms with Crippen molar-refractivity contribution in [3.8, 4) is 11.1 Å². The fourth-order valence-electron chi connectivity index (χ4n) is 2.86. The summed E-state index contributed by atoms with van der Waals surface area (Å²) in [5, 5.41) is 0. The Labute approximate surface area is 150 Å². The van der Waals surface area contributed by atoms with Gasteiger partial charge < -0.3 is 9.80 Å². The van der Waals surface area contributed by atoms with Gasteiger partial charge in [-0.25, -0.2) is 0 Å².